The second-order valence-electron chi connectivity index (χ2n) is 8.13. The van der Waals surface area contributed by atoms with Crippen LogP contribution in [0.1, 0.15) is 22.9 Å². The molecule has 0 amide bonds. The van der Waals surface area contributed by atoms with Crippen molar-refractivity contribution in [1.29, 1.82) is 0 Å². The third-order valence-corrected chi connectivity index (χ3v) is 6.93. The highest BCUT2D eigenvalue weighted by Gasteiger charge is 2.27. The summed E-state index contributed by atoms with van der Waals surface area (Å²) < 4.78 is 7.50. The first-order valence-corrected chi connectivity index (χ1v) is 11.8. The number of halogens is 1. The van der Waals surface area contributed by atoms with E-state index in [0.717, 1.165) is 76.5 Å². The van der Waals surface area contributed by atoms with E-state index in [1.54, 1.807) is 0 Å². The Labute approximate surface area is 206 Å². The largest absolute Gasteiger partial charge is 0.379 e. The first-order chi connectivity index (χ1) is 14.7. The fraction of sp³-hybridized carbons (Fsp3) is 0.667. The molecule has 1 unspecified atom stereocenters. The molecular formula is C21H34IN7OS. The van der Waals surface area contributed by atoms with Crippen molar-refractivity contribution in [2.24, 2.45) is 18.0 Å². The SMILES string of the molecule is Cc1nnc(CN=C(NCCc2cccs2)N2CCC(CN3CCOCC3)C2)n1C.I. The van der Waals surface area contributed by atoms with Crippen LogP contribution in [0.25, 0.3) is 0 Å². The molecule has 0 radical (unpaired) electrons. The van der Waals surface area contributed by atoms with E-state index in [0.29, 0.717) is 12.5 Å². The Hall–Kier alpha value is -1.24. The first-order valence-electron chi connectivity index (χ1n) is 10.9. The lowest BCUT2D eigenvalue weighted by molar-refractivity contribution is 0.0315. The molecule has 2 aromatic heterocycles. The molecule has 0 aromatic carbocycles. The summed E-state index contributed by atoms with van der Waals surface area (Å²) in [6.07, 6.45) is 2.23. The number of nitrogens with zero attached hydrogens (tertiary/aromatic N) is 6. The van der Waals surface area contributed by atoms with E-state index in [4.69, 9.17) is 9.73 Å². The van der Waals surface area contributed by atoms with Crippen molar-refractivity contribution in [1.82, 2.24) is 29.9 Å². The van der Waals surface area contributed by atoms with Crippen molar-refractivity contribution in [2.45, 2.75) is 26.3 Å². The van der Waals surface area contributed by atoms with Crippen LogP contribution in [-0.4, -0.2) is 83.0 Å². The maximum atomic E-state index is 5.49. The lowest BCUT2D eigenvalue weighted by Crippen LogP contribution is -2.43. The molecule has 2 aromatic rings. The second kappa shape index (κ2) is 12.1. The maximum Gasteiger partial charge on any atom is 0.194 e. The van der Waals surface area contributed by atoms with Gasteiger partial charge in [-0.05, 0) is 37.1 Å². The summed E-state index contributed by atoms with van der Waals surface area (Å²) >= 11 is 1.81. The summed E-state index contributed by atoms with van der Waals surface area (Å²) in [5.74, 6) is 3.49. The predicted molar refractivity (Wildman–Crippen MR) is 135 cm³/mol. The van der Waals surface area contributed by atoms with Gasteiger partial charge in [0.1, 0.15) is 12.4 Å². The Morgan fingerprint density at radius 3 is 2.84 bits per heavy atom. The molecule has 1 N–H and O–H groups in total. The lowest BCUT2D eigenvalue weighted by Gasteiger charge is -2.29. The summed E-state index contributed by atoms with van der Waals surface area (Å²) in [6, 6.07) is 4.31. The van der Waals surface area contributed by atoms with Crippen LogP contribution in [0.2, 0.25) is 0 Å². The third-order valence-electron chi connectivity index (χ3n) is 5.99. The van der Waals surface area contributed by atoms with E-state index in [9.17, 15) is 0 Å². The minimum Gasteiger partial charge on any atom is -0.379 e. The number of likely N-dealkylation sites (tertiary alicyclic amines) is 1. The first kappa shape index (κ1) is 24.4. The number of nitrogens with one attached hydrogen (secondary N) is 1. The molecule has 0 aliphatic carbocycles. The number of ether oxygens (including phenoxy) is 1. The van der Waals surface area contributed by atoms with Crippen molar-refractivity contribution in [3.8, 4) is 0 Å². The Bertz CT molecular complexity index is 820. The van der Waals surface area contributed by atoms with Gasteiger partial charge in [-0.2, -0.15) is 0 Å². The number of aryl methyl sites for hydroxylation is 1. The minimum absolute atomic E-state index is 0. The van der Waals surface area contributed by atoms with Crippen molar-refractivity contribution in [3.63, 3.8) is 0 Å². The summed E-state index contributed by atoms with van der Waals surface area (Å²) in [4.78, 5) is 11.3. The van der Waals surface area contributed by atoms with E-state index >= 15 is 0 Å². The number of aromatic nitrogens is 3. The molecule has 4 rings (SSSR count). The smallest absolute Gasteiger partial charge is 0.194 e. The van der Waals surface area contributed by atoms with Crippen molar-refractivity contribution in [2.75, 3.05) is 52.5 Å². The van der Waals surface area contributed by atoms with Gasteiger partial charge in [-0.1, -0.05) is 6.07 Å². The molecule has 0 saturated carbocycles. The van der Waals surface area contributed by atoms with Gasteiger partial charge in [0.25, 0.3) is 0 Å². The van der Waals surface area contributed by atoms with Gasteiger partial charge < -0.3 is 19.5 Å². The number of thiophene rings is 1. The monoisotopic (exact) mass is 559 g/mol. The molecule has 2 saturated heterocycles. The summed E-state index contributed by atoms with van der Waals surface area (Å²) in [7, 11) is 2.00. The molecule has 8 nitrogen and oxygen atoms in total. The van der Waals surface area contributed by atoms with E-state index in [2.05, 4.69) is 42.8 Å². The molecule has 4 heterocycles. The lowest BCUT2D eigenvalue weighted by atomic mass is 10.1. The van der Waals surface area contributed by atoms with Gasteiger partial charge in [-0.25, -0.2) is 4.99 Å². The van der Waals surface area contributed by atoms with Crippen LogP contribution in [0.4, 0.5) is 0 Å². The van der Waals surface area contributed by atoms with Crippen LogP contribution in [0.5, 0.6) is 0 Å². The Kier molecular flexibility index (Phi) is 9.54. The van der Waals surface area contributed by atoms with Crippen molar-refractivity contribution >= 4 is 41.3 Å². The Balaban J connectivity index is 0.00000272. The number of guanidine groups is 1. The summed E-state index contributed by atoms with van der Waals surface area (Å²) in [6.45, 7) is 10.5. The molecule has 2 fully saturated rings. The van der Waals surface area contributed by atoms with E-state index in [1.807, 2.05) is 29.9 Å². The number of aliphatic imine (C=N–C) groups is 1. The fourth-order valence-corrected chi connectivity index (χ4v) is 4.79. The molecule has 2 aliphatic rings. The van der Waals surface area contributed by atoms with E-state index in [1.165, 1.54) is 11.3 Å². The maximum absolute atomic E-state index is 5.49. The van der Waals surface area contributed by atoms with Crippen LogP contribution in [0.3, 0.4) is 0 Å². The number of hydrogen-bond donors (Lipinski definition) is 1. The van der Waals surface area contributed by atoms with Gasteiger partial charge in [-0.3, -0.25) is 4.90 Å². The normalized spacial score (nSPS) is 20.1. The van der Waals surface area contributed by atoms with Gasteiger partial charge >= 0.3 is 0 Å². The molecule has 10 heteroatoms. The zero-order valence-electron chi connectivity index (χ0n) is 18.5. The molecular weight excluding hydrogens is 525 g/mol. The highest BCUT2D eigenvalue weighted by Crippen LogP contribution is 2.19. The summed E-state index contributed by atoms with van der Waals surface area (Å²) in [5.41, 5.74) is 0. The molecule has 31 heavy (non-hydrogen) atoms. The molecule has 172 valence electrons. The zero-order chi connectivity index (χ0) is 20.8. The van der Waals surface area contributed by atoms with Crippen molar-refractivity contribution in [3.05, 3.63) is 34.0 Å². The number of morpholine rings is 1. The second-order valence-corrected chi connectivity index (χ2v) is 9.16. The molecule has 0 bridgehead atoms. The van der Waals surface area contributed by atoms with Crippen LogP contribution in [0, 0.1) is 12.8 Å². The highest BCUT2D eigenvalue weighted by atomic mass is 127. The van der Waals surface area contributed by atoms with E-state index < -0.39 is 0 Å². The van der Waals surface area contributed by atoms with Gasteiger partial charge in [0.05, 0.1) is 13.2 Å². The molecule has 2 aliphatic heterocycles. The third kappa shape index (κ3) is 6.87. The van der Waals surface area contributed by atoms with Crippen LogP contribution in [0.15, 0.2) is 22.5 Å². The average molecular weight is 560 g/mol. The quantitative estimate of drug-likeness (QED) is 0.319. The standard InChI is InChI=1S/C21H33N7OS.HI/c1-17-24-25-20(26(17)2)14-23-21(22-7-5-19-4-3-13-30-19)28-8-6-18(16-28)15-27-9-11-29-12-10-27;/h3-4,13,18H,5-12,14-16H2,1-2H3,(H,22,23);1H. The van der Waals surface area contributed by atoms with Crippen LogP contribution in [-0.2, 0) is 24.8 Å². The topological polar surface area (TPSA) is 70.8 Å². The number of hydrogen-bond acceptors (Lipinski definition) is 6. The Morgan fingerprint density at radius 1 is 1.29 bits per heavy atom. The van der Waals surface area contributed by atoms with Crippen LogP contribution < -0.4 is 5.32 Å². The van der Waals surface area contributed by atoms with Crippen molar-refractivity contribution < 1.29 is 4.74 Å². The zero-order valence-corrected chi connectivity index (χ0v) is 21.6. The molecule has 0 spiro atoms. The van der Waals surface area contributed by atoms with Gasteiger partial charge in [0.15, 0.2) is 11.8 Å². The Morgan fingerprint density at radius 2 is 2.13 bits per heavy atom. The van der Waals surface area contributed by atoms with Gasteiger partial charge in [0, 0.05) is 51.2 Å². The number of rotatable bonds is 7. The summed E-state index contributed by atoms with van der Waals surface area (Å²) in [5, 5.41) is 14.2. The van der Waals surface area contributed by atoms with Gasteiger partial charge in [-0.15, -0.1) is 45.5 Å². The highest BCUT2D eigenvalue weighted by molar-refractivity contribution is 14.0. The van der Waals surface area contributed by atoms with Gasteiger partial charge in [0.2, 0.25) is 0 Å². The predicted octanol–water partition coefficient (Wildman–Crippen LogP) is 2.15. The fourth-order valence-electron chi connectivity index (χ4n) is 4.08. The minimum atomic E-state index is 0. The average Bonchev–Trinajstić information content (AvgIpc) is 3.50. The molecule has 1 atom stereocenters. The van der Waals surface area contributed by atoms with Crippen LogP contribution >= 0.6 is 35.3 Å². The van der Waals surface area contributed by atoms with E-state index in [-0.39, 0.29) is 24.0 Å².